The first-order valence-electron chi connectivity index (χ1n) is 6.43. The van der Waals surface area contributed by atoms with E-state index in [9.17, 15) is 8.78 Å². The molecule has 2 nitrogen and oxygen atoms in total. The second-order valence-corrected chi connectivity index (χ2v) is 5.31. The minimum absolute atomic E-state index is 0.0180. The van der Waals surface area contributed by atoms with Crippen molar-refractivity contribution in [3.8, 4) is 5.75 Å². The lowest BCUT2D eigenvalue weighted by Crippen LogP contribution is -2.19. The highest BCUT2D eigenvalue weighted by Crippen LogP contribution is 2.26. The Balaban J connectivity index is 2.21. The molecule has 0 N–H and O–H groups in total. The SMILES string of the molecule is COc1ccc(CN(C)c2c(F)cc(CBr)cc2F)cc1. The van der Waals surface area contributed by atoms with Gasteiger partial charge in [-0.05, 0) is 35.4 Å². The predicted molar refractivity (Wildman–Crippen MR) is 84.1 cm³/mol. The fourth-order valence-electron chi connectivity index (χ4n) is 2.14. The largest absolute Gasteiger partial charge is 0.497 e. The van der Waals surface area contributed by atoms with Gasteiger partial charge in [0, 0.05) is 18.9 Å². The molecule has 0 fully saturated rings. The normalized spacial score (nSPS) is 10.5. The monoisotopic (exact) mass is 355 g/mol. The molecule has 0 aliphatic heterocycles. The highest BCUT2D eigenvalue weighted by Gasteiger charge is 2.15. The number of ether oxygens (including phenoxy) is 1. The molecule has 0 saturated heterocycles. The second kappa shape index (κ2) is 6.89. The van der Waals surface area contributed by atoms with Crippen molar-refractivity contribution in [3.63, 3.8) is 0 Å². The Morgan fingerprint density at radius 1 is 1.05 bits per heavy atom. The molecule has 112 valence electrons. The summed E-state index contributed by atoms with van der Waals surface area (Å²) in [5.74, 6) is -0.360. The molecule has 21 heavy (non-hydrogen) atoms. The molecule has 0 aliphatic rings. The van der Waals surface area contributed by atoms with Gasteiger partial charge in [0.15, 0.2) is 0 Å². The molecule has 2 rings (SSSR count). The number of alkyl halides is 1. The van der Waals surface area contributed by atoms with Crippen molar-refractivity contribution in [3.05, 3.63) is 59.2 Å². The third-order valence-electron chi connectivity index (χ3n) is 3.19. The number of anilines is 1. The van der Waals surface area contributed by atoms with Crippen LogP contribution in [0.4, 0.5) is 14.5 Å². The Bertz CT molecular complexity index is 593. The zero-order chi connectivity index (χ0) is 15.4. The highest BCUT2D eigenvalue weighted by molar-refractivity contribution is 9.08. The van der Waals surface area contributed by atoms with Crippen LogP contribution in [-0.2, 0) is 11.9 Å². The van der Waals surface area contributed by atoms with Crippen LogP contribution in [0.2, 0.25) is 0 Å². The molecule has 0 unspecified atom stereocenters. The highest BCUT2D eigenvalue weighted by atomic mass is 79.9. The summed E-state index contributed by atoms with van der Waals surface area (Å²) in [7, 11) is 3.26. The van der Waals surface area contributed by atoms with E-state index in [1.54, 1.807) is 19.1 Å². The molecule has 0 amide bonds. The van der Waals surface area contributed by atoms with E-state index in [0.717, 1.165) is 11.3 Å². The lowest BCUT2D eigenvalue weighted by molar-refractivity contribution is 0.414. The minimum Gasteiger partial charge on any atom is -0.497 e. The third-order valence-corrected chi connectivity index (χ3v) is 3.84. The maximum Gasteiger partial charge on any atom is 0.149 e. The van der Waals surface area contributed by atoms with Crippen LogP contribution >= 0.6 is 15.9 Å². The maximum atomic E-state index is 14.0. The molecule has 0 atom stereocenters. The van der Waals surface area contributed by atoms with E-state index in [0.29, 0.717) is 17.4 Å². The summed E-state index contributed by atoms with van der Waals surface area (Å²) in [5.41, 5.74) is 1.50. The van der Waals surface area contributed by atoms with Gasteiger partial charge in [-0.3, -0.25) is 0 Å². The van der Waals surface area contributed by atoms with E-state index in [-0.39, 0.29) is 5.69 Å². The predicted octanol–water partition coefficient (Wildman–Crippen LogP) is 4.50. The number of hydrogen-bond acceptors (Lipinski definition) is 2. The fourth-order valence-corrected chi connectivity index (χ4v) is 2.47. The van der Waals surface area contributed by atoms with Crippen LogP contribution in [0, 0.1) is 11.6 Å². The Morgan fingerprint density at radius 2 is 1.62 bits per heavy atom. The number of nitrogens with zero attached hydrogens (tertiary/aromatic N) is 1. The van der Waals surface area contributed by atoms with Gasteiger partial charge in [-0.25, -0.2) is 8.78 Å². The van der Waals surface area contributed by atoms with E-state index in [1.807, 2.05) is 24.3 Å². The average molecular weight is 356 g/mol. The van der Waals surface area contributed by atoms with Crippen molar-refractivity contribution >= 4 is 21.6 Å². The summed E-state index contributed by atoms with van der Waals surface area (Å²) in [6.45, 7) is 0.408. The van der Waals surface area contributed by atoms with Gasteiger partial charge in [0.1, 0.15) is 23.1 Å². The van der Waals surface area contributed by atoms with Gasteiger partial charge in [-0.15, -0.1) is 0 Å². The summed E-state index contributed by atoms with van der Waals surface area (Å²) in [4.78, 5) is 1.56. The quantitative estimate of drug-likeness (QED) is 0.732. The number of rotatable bonds is 5. The van der Waals surface area contributed by atoms with Crippen LogP contribution in [0.25, 0.3) is 0 Å². The Hall–Kier alpha value is -1.62. The van der Waals surface area contributed by atoms with Crippen molar-refractivity contribution in [1.29, 1.82) is 0 Å². The molecule has 0 aliphatic carbocycles. The van der Waals surface area contributed by atoms with Crippen LogP contribution in [0.1, 0.15) is 11.1 Å². The van der Waals surface area contributed by atoms with Gasteiger partial charge in [-0.2, -0.15) is 0 Å². The van der Waals surface area contributed by atoms with E-state index < -0.39 is 11.6 Å². The van der Waals surface area contributed by atoms with Crippen molar-refractivity contribution in [2.24, 2.45) is 0 Å². The number of halogens is 3. The van der Waals surface area contributed by atoms with Gasteiger partial charge >= 0.3 is 0 Å². The molecule has 2 aromatic rings. The lowest BCUT2D eigenvalue weighted by Gasteiger charge is -2.21. The van der Waals surface area contributed by atoms with Crippen LogP contribution in [0.15, 0.2) is 36.4 Å². The number of hydrogen-bond donors (Lipinski definition) is 0. The first kappa shape index (κ1) is 15.8. The fraction of sp³-hybridized carbons (Fsp3) is 0.250. The molecular weight excluding hydrogens is 340 g/mol. The topological polar surface area (TPSA) is 12.5 Å². The van der Waals surface area contributed by atoms with Gasteiger partial charge < -0.3 is 9.64 Å². The molecule has 2 aromatic carbocycles. The Kier molecular flexibility index (Phi) is 5.17. The standard InChI is InChI=1S/C16H16BrF2NO/c1-20(10-11-3-5-13(21-2)6-4-11)16-14(18)7-12(9-17)8-15(16)19/h3-8H,9-10H2,1-2H3. The minimum atomic E-state index is -0.555. The lowest BCUT2D eigenvalue weighted by atomic mass is 10.1. The van der Waals surface area contributed by atoms with E-state index in [2.05, 4.69) is 15.9 Å². The van der Waals surface area contributed by atoms with E-state index in [4.69, 9.17) is 4.74 Å². The van der Waals surface area contributed by atoms with E-state index in [1.165, 1.54) is 12.1 Å². The smallest absolute Gasteiger partial charge is 0.149 e. The van der Waals surface area contributed by atoms with Crippen LogP contribution in [0.5, 0.6) is 5.75 Å². The Morgan fingerprint density at radius 3 is 2.10 bits per heavy atom. The van der Waals surface area contributed by atoms with Crippen LogP contribution in [-0.4, -0.2) is 14.2 Å². The van der Waals surface area contributed by atoms with Gasteiger partial charge in [-0.1, -0.05) is 28.1 Å². The average Bonchev–Trinajstić information content (AvgIpc) is 2.47. The molecule has 0 radical (unpaired) electrons. The number of methoxy groups -OCH3 is 1. The van der Waals surface area contributed by atoms with Crippen molar-refractivity contribution in [2.45, 2.75) is 11.9 Å². The Labute approximate surface area is 131 Å². The molecule has 0 bridgehead atoms. The van der Waals surface area contributed by atoms with Gasteiger partial charge in [0.05, 0.1) is 7.11 Å². The zero-order valence-electron chi connectivity index (χ0n) is 11.9. The summed E-state index contributed by atoms with van der Waals surface area (Å²) in [5, 5.41) is 0.420. The first-order valence-corrected chi connectivity index (χ1v) is 7.55. The second-order valence-electron chi connectivity index (χ2n) is 4.75. The molecular formula is C16H16BrF2NO. The van der Waals surface area contributed by atoms with Gasteiger partial charge in [0.25, 0.3) is 0 Å². The molecule has 0 spiro atoms. The molecule has 0 aromatic heterocycles. The zero-order valence-corrected chi connectivity index (χ0v) is 13.5. The summed E-state index contributed by atoms with van der Waals surface area (Å²) >= 11 is 3.20. The van der Waals surface area contributed by atoms with Crippen LogP contribution in [0.3, 0.4) is 0 Å². The molecule has 0 heterocycles. The van der Waals surface area contributed by atoms with Crippen molar-refractivity contribution in [1.82, 2.24) is 0 Å². The maximum absolute atomic E-state index is 14.0. The van der Waals surface area contributed by atoms with Crippen molar-refractivity contribution in [2.75, 3.05) is 19.1 Å². The van der Waals surface area contributed by atoms with Crippen molar-refractivity contribution < 1.29 is 13.5 Å². The van der Waals surface area contributed by atoms with Crippen LogP contribution < -0.4 is 9.64 Å². The van der Waals surface area contributed by atoms with Gasteiger partial charge in [0.2, 0.25) is 0 Å². The number of benzene rings is 2. The van der Waals surface area contributed by atoms with E-state index >= 15 is 0 Å². The first-order chi connectivity index (χ1) is 10.0. The molecule has 0 saturated carbocycles. The summed E-state index contributed by atoms with van der Waals surface area (Å²) in [6, 6.07) is 10.1. The summed E-state index contributed by atoms with van der Waals surface area (Å²) in [6.07, 6.45) is 0. The third kappa shape index (κ3) is 3.73. The summed E-state index contributed by atoms with van der Waals surface area (Å²) < 4.78 is 33.2. The molecule has 5 heteroatoms.